The van der Waals surface area contributed by atoms with E-state index in [9.17, 15) is 4.79 Å². The monoisotopic (exact) mass is 397 g/mol. The number of pyridine rings is 1. The van der Waals surface area contributed by atoms with Crippen molar-refractivity contribution in [2.45, 2.75) is 46.5 Å². The molecule has 4 rings (SSSR count). The smallest absolute Gasteiger partial charge is 0.299 e. The quantitative estimate of drug-likeness (QED) is 0.638. The first kappa shape index (κ1) is 19.4. The number of piperidine rings is 1. The predicted octanol–water partition coefficient (Wildman–Crippen LogP) is 3.10. The van der Waals surface area contributed by atoms with Gasteiger partial charge in [-0.25, -0.2) is 4.98 Å². The molecule has 1 saturated heterocycles. The molecule has 0 unspecified atom stereocenters. The summed E-state index contributed by atoms with van der Waals surface area (Å²) >= 11 is 0. The molecule has 0 spiro atoms. The van der Waals surface area contributed by atoms with Gasteiger partial charge in [-0.3, -0.25) is 4.79 Å². The van der Waals surface area contributed by atoms with Gasteiger partial charge in [0.15, 0.2) is 5.58 Å². The third-order valence-electron chi connectivity index (χ3n) is 5.60. The second-order valence-corrected chi connectivity index (χ2v) is 7.73. The fourth-order valence-electron chi connectivity index (χ4n) is 3.85. The van der Waals surface area contributed by atoms with E-state index in [2.05, 4.69) is 25.3 Å². The van der Waals surface area contributed by atoms with E-state index in [1.807, 2.05) is 32.9 Å². The summed E-state index contributed by atoms with van der Waals surface area (Å²) in [7, 11) is 0. The van der Waals surface area contributed by atoms with Crippen molar-refractivity contribution >= 4 is 23.2 Å². The topological polar surface area (TPSA) is 97.3 Å². The van der Waals surface area contributed by atoms with Gasteiger partial charge in [0.1, 0.15) is 5.76 Å². The van der Waals surface area contributed by atoms with Crippen molar-refractivity contribution in [2.75, 3.05) is 24.5 Å². The van der Waals surface area contributed by atoms with Gasteiger partial charge in [-0.2, -0.15) is 4.98 Å². The van der Waals surface area contributed by atoms with Gasteiger partial charge in [0, 0.05) is 36.8 Å². The molecule has 4 heterocycles. The van der Waals surface area contributed by atoms with E-state index >= 15 is 0 Å². The summed E-state index contributed by atoms with van der Waals surface area (Å²) in [6.07, 6.45) is 3.33. The van der Waals surface area contributed by atoms with E-state index in [0.29, 0.717) is 23.8 Å². The fraction of sp³-hybridized carbons (Fsp3) is 0.524. The molecule has 1 aliphatic rings. The molecule has 8 nitrogen and oxygen atoms in total. The van der Waals surface area contributed by atoms with Gasteiger partial charge >= 0.3 is 0 Å². The standard InChI is InChI=1S/C21H27N5O3/c1-13-6-7-18-19(23-13)24-21(28-18)26-11-8-16(9-12-26)20(27)22-10-4-5-17-14(2)25-29-15(17)3/h6-7,16H,4-5,8-12H2,1-3H3,(H,22,27). The molecular formula is C21H27N5O3. The van der Waals surface area contributed by atoms with Crippen LogP contribution < -0.4 is 10.2 Å². The first-order valence-corrected chi connectivity index (χ1v) is 10.2. The molecular weight excluding hydrogens is 370 g/mol. The van der Waals surface area contributed by atoms with Gasteiger partial charge < -0.3 is 19.2 Å². The lowest BCUT2D eigenvalue weighted by Gasteiger charge is -2.30. The number of nitrogens with zero attached hydrogens (tertiary/aromatic N) is 4. The number of fused-ring (bicyclic) bond motifs is 1. The van der Waals surface area contributed by atoms with Crippen LogP contribution in [-0.2, 0) is 11.2 Å². The van der Waals surface area contributed by atoms with Crippen LogP contribution in [0.15, 0.2) is 21.1 Å². The SMILES string of the molecule is Cc1ccc2oc(N3CCC(C(=O)NCCCc4c(C)noc4C)CC3)nc2n1. The zero-order valence-corrected chi connectivity index (χ0v) is 17.2. The van der Waals surface area contributed by atoms with Gasteiger partial charge in [0.05, 0.1) is 5.69 Å². The lowest BCUT2D eigenvalue weighted by molar-refractivity contribution is -0.125. The molecule has 0 saturated carbocycles. The molecule has 29 heavy (non-hydrogen) atoms. The molecule has 1 aliphatic heterocycles. The van der Waals surface area contributed by atoms with E-state index in [-0.39, 0.29) is 11.8 Å². The van der Waals surface area contributed by atoms with Gasteiger partial charge in [0.2, 0.25) is 11.6 Å². The van der Waals surface area contributed by atoms with Crippen molar-refractivity contribution in [3.05, 3.63) is 34.8 Å². The number of amides is 1. The Bertz CT molecular complexity index is 982. The fourth-order valence-corrected chi connectivity index (χ4v) is 3.85. The van der Waals surface area contributed by atoms with Gasteiger partial charge in [-0.1, -0.05) is 5.16 Å². The Morgan fingerprint density at radius 2 is 2.00 bits per heavy atom. The molecule has 3 aromatic rings. The molecule has 0 aliphatic carbocycles. The first-order valence-electron chi connectivity index (χ1n) is 10.2. The average Bonchev–Trinajstić information content (AvgIpc) is 3.28. The van der Waals surface area contributed by atoms with E-state index in [1.54, 1.807) is 0 Å². The number of carbonyl (C=O) groups is 1. The van der Waals surface area contributed by atoms with E-state index < -0.39 is 0 Å². The number of rotatable bonds is 6. The Morgan fingerprint density at radius 3 is 2.72 bits per heavy atom. The van der Waals surface area contributed by atoms with Crippen LogP contribution >= 0.6 is 0 Å². The van der Waals surface area contributed by atoms with Crippen molar-refractivity contribution in [3.8, 4) is 0 Å². The zero-order valence-electron chi connectivity index (χ0n) is 17.2. The van der Waals surface area contributed by atoms with E-state index in [4.69, 9.17) is 8.94 Å². The summed E-state index contributed by atoms with van der Waals surface area (Å²) in [5.74, 6) is 1.04. The van der Waals surface area contributed by atoms with Crippen LogP contribution in [0.25, 0.3) is 11.2 Å². The Morgan fingerprint density at radius 1 is 1.21 bits per heavy atom. The molecule has 1 fully saturated rings. The zero-order chi connectivity index (χ0) is 20.4. The van der Waals surface area contributed by atoms with Crippen LogP contribution in [-0.4, -0.2) is 40.7 Å². The average molecular weight is 397 g/mol. The van der Waals surface area contributed by atoms with Crippen LogP contribution in [0.3, 0.4) is 0 Å². The molecule has 1 amide bonds. The Balaban J connectivity index is 1.24. The van der Waals surface area contributed by atoms with Crippen LogP contribution in [0.4, 0.5) is 6.01 Å². The molecule has 1 N–H and O–H groups in total. The summed E-state index contributed by atoms with van der Waals surface area (Å²) in [5, 5.41) is 7.05. The molecule has 0 radical (unpaired) electrons. The number of hydrogen-bond donors (Lipinski definition) is 1. The summed E-state index contributed by atoms with van der Waals surface area (Å²) in [4.78, 5) is 23.5. The van der Waals surface area contributed by atoms with Gasteiger partial charge in [-0.05, 0) is 58.6 Å². The van der Waals surface area contributed by atoms with Crippen molar-refractivity contribution < 1.29 is 13.7 Å². The van der Waals surface area contributed by atoms with Crippen molar-refractivity contribution in [3.63, 3.8) is 0 Å². The number of anilines is 1. The number of hydrogen-bond acceptors (Lipinski definition) is 7. The highest BCUT2D eigenvalue weighted by atomic mass is 16.5. The normalized spacial score (nSPS) is 15.2. The third kappa shape index (κ3) is 4.26. The minimum absolute atomic E-state index is 0.0371. The Labute approximate surface area is 169 Å². The minimum atomic E-state index is 0.0371. The number of nitrogens with one attached hydrogen (secondary N) is 1. The number of aromatic nitrogens is 3. The maximum absolute atomic E-state index is 12.5. The molecule has 8 heteroatoms. The highest BCUT2D eigenvalue weighted by molar-refractivity contribution is 5.79. The Kier molecular flexibility index (Phi) is 5.51. The molecule has 0 atom stereocenters. The lowest BCUT2D eigenvalue weighted by atomic mass is 9.96. The summed E-state index contributed by atoms with van der Waals surface area (Å²) < 4.78 is 11.0. The predicted molar refractivity (Wildman–Crippen MR) is 109 cm³/mol. The van der Waals surface area contributed by atoms with Gasteiger partial charge in [0.25, 0.3) is 6.01 Å². The maximum atomic E-state index is 12.5. The van der Waals surface area contributed by atoms with Crippen molar-refractivity contribution in [1.29, 1.82) is 0 Å². The van der Waals surface area contributed by atoms with E-state index in [1.165, 1.54) is 0 Å². The first-order chi connectivity index (χ1) is 14.0. The second-order valence-electron chi connectivity index (χ2n) is 7.73. The summed E-state index contributed by atoms with van der Waals surface area (Å²) in [6.45, 7) is 7.99. The Hall–Kier alpha value is -2.90. The third-order valence-corrected chi connectivity index (χ3v) is 5.60. The number of aryl methyl sites for hydroxylation is 3. The summed E-state index contributed by atoms with van der Waals surface area (Å²) in [5.41, 5.74) is 4.34. The molecule has 0 bridgehead atoms. The van der Waals surface area contributed by atoms with Crippen LogP contribution in [0.2, 0.25) is 0 Å². The number of carbonyl (C=O) groups excluding carboxylic acids is 1. The van der Waals surface area contributed by atoms with Crippen LogP contribution in [0.1, 0.15) is 42.0 Å². The highest BCUT2D eigenvalue weighted by Crippen LogP contribution is 2.26. The minimum Gasteiger partial charge on any atom is -0.422 e. The second kappa shape index (κ2) is 8.23. The summed E-state index contributed by atoms with van der Waals surface area (Å²) in [6, 6.07) is 4.41. The van der Waals surface area contributed by atoms with Crippen molar-refractivity contribution in [1.82, 2.24) is 20.4 Å². The maximum Gasteiger partial charge on any atom is 0.299 e. The molecule has 3 aromatic heterocycles. The lowest BCUT2D eigenvalue weighted by Crippen LogP contribution is -2.41. The van der Waals surface area contributed by atoms with Crippen molar-refractivity contribution in [2.24, 2.45) is 5.92 Å². The molecule has 154 valence electrons. The van der Waals surface area contributed by atoms with Crippen LogP contribution in [0.5, 0.6) is 0 Å². The highest BCUT2D eigenvalue weighted by Gasteiger charge is 2.27. The van der Waals surface area contributed by atoms with Gasteiger partial charge in [-0.15, -0.1) is 0 Å². The molecule has 0 aromatic carbocycles. The van der Waals surface area contributed by atoms with E-state index in [0.717, 1.165) is 61.5 Å². The van der Waals surface area contributed by atoms with Crippen LogP contribution in [0, 0.1) is 26.7 Å². The number of oxazole rings is 1. The largest absolute Gasteiger partial charge is 0.422 e.